The number of benzene rings is 2. The van der Waals surface area contributed by atoms with Crippen LogP contribution >= 0.6 is 0 Å². The monoisotopic (exact) mass is 365 g/mol. The van der Waals surface area contributed by atoms with Crippen LogP contribution in [0.25, 0.3) is 0 Å². The van der Waals surface area contributed by atoms with Crippen molar-refractivity contribution in [1.82, 2.24) is 15.0 Å². The molecule has 0 atom stereocenters. The number of hydrogen-bond donors (Lipinski definition) is 0. The summed E-state index contributed by atoms with van der Waals surface area (Å²) in [5.41, 5.74) is 2.26. The molecule has 1 aromatic heterocycles. The molecule has 2 aromatic carbocycles. The highest BCUT2D eigenvalue weighted by atomic mass is 16.6. The van der Waals surface area contributed by atoms with E-state index in [1.807, 2.05) is 24.3 Å². The summed E-state index contributed by atoms with van der Waals surface area (Å²) in [5, 5.41) is 18.9. The molecule has 0 saturated carbocycles. The minimum absolute atomic E-state index is 0.00601. The number of para-hydroxylation sites is 2. The Bertz CT molecular complexity index is 999. The maximum Gasteiger partial charge on any atom is 0.269 e. The molecule has 0 N–H and O–H groups in total. The highest BCUT2D eigenvalue weighted by molar-refractivity contribution is 5.97. The zero-order chi connectivity index (χ0) is 18.8. The smallest absolute Gasteiger partial charge is 0.269 e. The molecule has 4 rings (SSSR count). The van der Waals surface area contributed by atoms with Crippen LogP contribution in [-0.2, 0) is 17.9 Å². The van der Waals surface area contributed by atoms with Crippen molar-refractivity contribution in [2.75, 3.05) is 11.5 Å². The number of amides is 1. The SMILES string of the molecule is O=C1COc2ccccc2N1Cc1cn(Cc2ccc([N+](=O)[O-])cc2)nn1. The van der Waals surface area contributed by atoms with Gasteiger partial charge in [-0.25, -0.2) is 4.68 Å². The fraction of sp³-hybridized carbons (Fsp3) is 0.167. The van der Waals surface area contributed by atoms with Crippen molar-refractivity contribution in [2.45, 2.75) is 13.1 Å². The number of nitro groups is 1. The van der Waals surface area contributed by atoms with E-state index in [1.54, 1.807) is 27.9 Å². The molecule has 0 bridgehead atoms. The first kappa shape index (κ1) is 16.7. The largest absolute Gasteiger partial charge is 0.482 e. The summed E-state index contributed by atoms with van der Waals surface area (Å²) in [6, 6.07) is 13.6. The van der Waals surface area contributed by atoms with Crippen molar-refractivity contribution < 1.29 is 14.5 Å². The number of rotatable bonds is 5. The van der Waals surface area contributed by atoms with Crippen LogP contribution in [0.15, 0.2) is 54.7 Å². The molecule has 0 aliphatic carbocycles. The van der Waals surface area contributed by atoms with Crippen molar-refractivity contribution >= 4 is 17.3 Å². The summed E-state index contributed by atoms with van der Waals surface area (Å²) < 4.78 is 7.07. The molecular weight excluding hydrogens is 350 g/mol. The number of carbonyl (C=O) groups is 1. The Hall–Kier alpha value is -3.75. The molecule has 0 fully saturated rings. The Morgan fingerprint density at radius 2 is 1.89 bits per heavy atom. The molecular formula is C18H15N5O4. The van der Waals surface area contributed by atoms with Gasteiger partial charge in [-0.2, -0.15) is 0 Å². The van der Waals surface area contributed by atoms with Gasteiger partial charge in [0.15, 0.2) is 6.61 Å². The topological polar surface area (TPSA) is 103 Å². The molecule has 0 spiro atoms. The average Bonchev–Trinajstić information content (AvgIpc) is 3.11. The maximum absolute atomic E-state index is 12.2. The Labute approximate surface area is 153 Å². The number of aromatic nitrogens is 3. The Morgan fingerprint density at radius 1 is 1.11 bits per heavy atom. The molecule has 136 valence electrons. The molecule has 2 heterocycles. The quantitative estimate of drug-likeness (QED) is 0.507. The van der Waals surface area contributed by atoms with Crippen LogP contribution in [0.2, 0.25) is 0 Å². The molecule has 1 aliphatic rings. The second kappa shape index (κ2) is 6.87. The molecule has 0 unspecified atom stereocenters. The molecule has 0 saturated heterocycles. The first-order valence-corrected chi connectivity index (χ1v) is 8.25. The molecule has 1 aliphatic heterocycles. The first-order valence-electron chi connectivity index (χ1n) is 8.25. The number of ether oxygens (including phenoxy) is 1. The molecule has 1 amide bonds. The van der Waals surface area contributed by atoms with E-state index in [0.717, 1.165) is 5.56 Å². The van der Waals surface area contributed by atoms with E-state index in [4.69, 9.17) is 4.74 Å². The number of fused-ring (bicyclic) bond motifs is 1. The van der Waals surface area contributed by atoms with E-state index < -0.39 is 4.92 Å². The zero-order valence-corrected chi connectivity index (χ0v) is 14.2. The molecule has 0 radical (unpaired) electrons. The summed E-state index contributed by atoms with van der Waals surface area (Å²) >= 11 is 0. The van der Waals surface area contributed by atoms with Crippen LogP contribution in [-0.4, -0.2) is 32.4 Å². The molecule has 9 heteroatoms. The summed E-state index contributed by atoms with van der Waals surface area (Å²) in [6.45, 7) is 0.714. The van der Waals surface area contributed by atoms with Gasteiger partial charge in [-0.1, -0.05) is 29.5 Å². The number of nitrogens with zero attached hydrogens (tertiary/aromatic N) is 5. The normalized spacial score (nSPS) is 13.2. The lowest BCUT2D eigenvalue weighted by molar-refractivity contribution is -0.384. The molecule has 3 aromatic rings. The lowest BCUT2D eigenvalue weighted by Gasteiger charge is -2.28. The number of non-ortho nitro benzene ring substituents is 1. The van der Waals surface area contributed by atoms with Gasteiger partial charge in [0.1, 0.15) is 11.4 Å². The fourth-order valence-corrected chi connectivity index (χ4v) is 2.89. The van der Waals surface area contributed by atoms with E-state index in [9.17, 15) is 14.9 Å². The lowest BCUT2D eigenvalue weighted by atomic mass is 10.2. The standard InChI is InChI=1S/C18H15N5O4/c24-18-12-27-17-4-2-1-3-16(17)22(18)11-14-10-21(20-19-14)9-13-5-7-15(8-6-13)23(25)26/h1-8,10H,9,11-12H2. The van der Waals surface area contributed by atoms with Crippen LogP contribution in [0.3, 0.4) is 0 Å². The number of nitro benzene ring substituents is 1. The summed E-state index contributed by atoms with van der Waals surface area (Å²) in [5.74, 6) is 0.522. The lowest BCUT2D eigenvalue weighted by Crippen LogP contribution is -2.38. The minimum Gasteiger partial charge on any atom is -0.482 e. The highest BCUT2D eigenvalue weighted by Crippen LogP contribution is 2.32. The van der Waals surface area contributed by atoms with Gasteiger partial charge in [0, 0.05) is 12.1 Å². The third kappa shape index (κ3) is 3.47. The first-order chi connectivity index (χ1) is 13.1. The van der Waals surface area contributed by atoms with Gasteiger partial charge in [0.25, 0.3) is 11.6 Å². The van der Waals surface area contributed by atoms with Gasteiger partial charge in [-0.15, -0.1) is 5.10 Å². The van der Waals surface area contributed by atoms with Crippen molar-refractivity contribution in [3.8, 4) is 5.75 Å². The summed E-state index contributed by atoms with van der Waals surface area (Å²) in [7, 11) is 0. The second-order valence-electron chi connectivity index (χ2n) is 6.07. The number of carbonyl (C=O) groups excluding carboxylic acids is 1. The number of hydrogen-bond acceptors (Lipinski definition) is 6. The summed E-state index contributed by atoms with van der Waals surface area (Å²) in [4.78, 5) is 24.1. The Kier molecular flexibility index (Phi) is 4.25. The van der Waals surface area contributed by atoms with E-state index >= 15 is 0 Å². The third-order valence-corrected chi connectivity index (χ3v) is 4.21. The number of anilines is 1. The van der Waals surface area contributed by atoms with Crippen molar-refractivity contribution in [1.29, 1.82) is 0 Å². The predicted octanol–water partition coefficient (Wildman–Crippen LogP) is 2.16. The average molecular weight is 365 g/mol. The van der Waals surface area contributed by atoms with E-state index in [2.05, 4.69) is 10.3 Å². The molecule has 27 heavy (non-hydrogen) atoms. The predicted molar refractivity (Wildman–Crippen MR) is 95.3 cm³/mol. The van der Waals surface area contributed by atoms with Gasteiger partial charge >= 0.3 is 0 Å². The van der Waals surface area contributed by atoms with Crippen molar-refractivity contribution in [2.24, 2.45) is 0 Å². The van der Waals surface area contributed by atoms with Gasteiger partial charge in [0.05, 0.1) is 29.9 Å². The van der Waals surface area contributed by atoms with E-state index in [0.29, 0.717) is 30.2 Å². The fourth-order valence-electron chi connectivity index (χ4n) is 2.89. The van der Waals surface area contributed by atoms with Crippen LogP contribution in [0.4, 0.5) is 11.4 Å². The van der Waals surface area contributed by atoms with Gasteiger partial charge in [0.2, 0.25) is 0 Å². The highest BCUT2D eigenvalue weighted by Gasteiger charge is 2.26. The van der Waals surface area contributed by atoms with Gasteiger partial charge in [-0.3, -0.25) is 19.8 Å². The second-order valence-corrected chi connectivity index (χ2v) is 6.07. The van der Waals surface area contributed by atoms with Crippen LogP contribution in [0, 0.1) is 10.1 Å². The zero-order valence-electron chi connectivity index (χ0n) is 14.2. The minimum atomic E-state index is -0.436. The van der Waals surface area contributed by atoms with Crippen LogP contribution in [0.1, 0.15) is 11.3 Å². The van der Waals surface area contributed by atoms with Crippen molar-refractivity contribution in [3.63, 3.8) is 0 Å². The van der Waals surface area contributed by atoms with E-state index in [1.165, 1.54) is 12.1 Å². The maximum atomic E-state index is 12.2. The van der Waals surface area contributed by atoms with Crippen LogP contribution in [0.5, 0.6) is 5.75 Å². The third-order valence-electron chi connectivity index (χ3n) is 4.21. The Morgan fingerprint density at radius 3 is 2.67 bits per heavy atom. The van der Waals surface area contributed by atoms with Crippen molar-refractivity contribution in [3.05, 3.63) is 76.1 Å². The van der Waals surface area contributed by atoms with Gasteiger partial charge in [-0.05, 0) is 17.7 Å². The molecule has 9 nitrogen and oxygen atoms in total. The summed E-state index contributed by atoms with van der Waals surface area (Å²) in [6.07, 6.45) is 1.76. The van der Waals surface area contributed by atoms with Crippen LogP contribution < -0.4 is 9.64 Å². The van der Waals surface area contributed by atoms with E-state index in [-0.39, 0.29) is 18.2 Å². The van der Waals surface area contributed by atoms with Gasteiger partial charge < -0.3 is 4.74 Å². The Balaban J connectivity index is 1.48.